The highest BCUT2D eigenvalue weighted by atomic mass is 35.5. The zero-order chi connectivity index (χ0) is 12.1. The molecule has 1 rings (SSSR count). The maximum absolute atomic E-state index is 10.8. The summed E-state index contributed by atoms with van der Waals surface area (Å²) in [5.74, 6) is -2.46. The van der Waals surface area contributed by atoms with Crippen molar-refractivity contribution >= 4 is 29.6 Å². The van der Waals surface area contributed by atoms with Gasteiger partial charge in [0.05, 0.1) is 6.42 Å². The van der Waals surface area contributed by atoms with E-state index in [1.165, 1.54) is 6.08 Å². The van der Waals surface area contributed by atoms with Gasteiger partial charge in [0, 0.05) is 10.6 Å². The third-order valence-electron chi connectivity index (χ3n) is 1.85. The first kappa shape index (κ1) is 12.3. The molecule has 0 saturated heterocycles. The van der Waals surface area contributed by atoms with Gasteiger partial charge in [0.25, 0.3) is 0 Å². The van der Waals surface area contributed by atoms with Crippen molar-refractivity contribution in [3.63, 3.8) is 0 Å². The molecular weight excluding hydrogens is 232 g/mol. The van der Waals surface area contributed by atoms with E-state index in [4.69, 9.17) is 21.8 Å². The van der Waals surface area contributed by atoms with Crippen molar-refractivity contribution in [3.8, 4) is 0 Å². The summed E-state index contributed by atoms with van der Waals surface area (Å²) in [6.07, 6.45) is 0.722. The van der Waals surface area contributed by atoms with Gasteiger partial charge in [-0.2, -0.15) is 0 Å². The fraction of sp³-hybridized carbons (Fsp3) is 0.0909. The van der Waals surface area contributed by atoms with E-state index in [9.17, 15) is 9.59 Å². The van der Waals surface area contributed by atoms with Crippen molar-refractivity contribution in [3.05, 3.63) is 40.4 Å². The molecule has 4 nitrogen and oxygen atoms in total. The van der Waals surface area contributed by atoms with Gasteiger partial charge in [-0.3, -0.25) is 4.79 Å². The van der Waals surface area contributed by atoms with Crippen LogP contribution in [0.2, 0.25) is 5.02 Å². The van der Waals surface area contributed by atoms with E-state index in [0.29, 0.717) is 10.6 Å². The Labute approximate surface area is 96.8 Å². The molecule has 0 heterocycles. The number of carboxylic acid groups (broad SMARTS) is 2. The van der Waals surface area contributed by atoms with Gasteiger partial charge in [0.15, 0.2) is 0 Å². The van der Waals surface area contributed by atoms with Gasteiger partial charge < -0.3 is 10.2 Å². The lowest BCUT2D eigenvalue weighted by Gasteiger charge is -2.01. The van der Waals surface area contributed by atoms with Gasteiger partial charge in [0.1, 0.15) is 0 Å². The topological polar surface area (TPSA) is 74.6 Å². The summed E-state index contributed by atoms with van der Waals surface area (Å²) in [7, 11) is 0. The number of hydrogen-bond donors (Lipinski definition) is 2. The molecule has 2 N–H and O–H groups in total. The van der Waals surface area contributed by atoms with Crippen LogP contribution in [0.5, 0.6) is 0 Å². The Morgan fingerprint density at radius 2 is 1.88 bits per heavy atom. The number of benzene rings is 1. The zero-order valence-corrected chi connectivity index (χ0v) is 8.94. The zero-order valence-electron chi connectivity index (χ0n) is 8.18. The third-order valence-corrected chi connectivity index (χ3v) is 2.20. The van der Waals surface area contributed by atoms with Crippen LogP contribution in [0.15, 0.2) is 29.8 Å². The molecule has 0 bridgehead atoms. The molecular formula is C11H9ClO4. The van der Waals surface area contributed by atoms with Crippen molar-refractivity contribution in [2.24, 2.45) is 0 Å². The van der Waals surface area contributed by atoms with Gasteiger partial charge in [-0.25, -0.2) is 4.79 Å². The highest BCUT2D eigenvalue weighted by Gasteiger charge is 2.12. The number of aliphatic carboxylic acids is 2. The van der Waals surface area contributed by atoms with E-state index < -0.39 is 18.4 Å². The van der Waals surface area contributed by atoms with E-state index in [1.807, 2.05) is 0 Å². The van der Waals surface area contributed by atoms with Crippen LogP contribution >= 0.6 is 11.6 Å². The summed E-state index contributed by atoms with van der Waals surface area (Å²) in [5.41, 5.74) is 0.281. The van der Waals surface area contributed by atoms with Gasteiger partial charge >= 0.3 is 11.9 Å². The first-order valence-corrected chi connectivity index (χ1v) is 4.78. The van der Waals surface area contributed by atoms with Gasteiger partial charge in [-0.15, -0.1) is 0 Å². The predicted octanol–water partition coefficient (Wildman–Crippen LogP) is 2.28. The molecule has 0 aliphatic carbocycles. The van der Waals surface area contributed by atoms with E-state index in [-0.39, 0.29) is 5.57 Å². The molecule has 1 aromatic rings. The molecule has 0 aliphatic rings. The van der Waals surface area contributed by atoms with Crippen LogP contribution in [0.25, 0.3) is 6.08 Å². The molecule has 0 unspecified atom stereocenters. The van der Waals surface area contributed by atoms with Crippen LogP contribution in [0.3, 0.4) is 0 Å². The lowest BCUT2D eigenvalue weighted by molar-refractivity contribution is -0.139. The molecule has 0 aliphatic heterocycles. The first-order valence-electron chi connectivity index (χ1n) is 4.41. The Bertz CT molecular complexity index is 451. The quantitative estimate of drug-likeness (QED) is 0.792. The smallest absolute Gasteiger partial charge is 0.332 e. The lowest BCUT2D eigenvalue weighted by Crippen LogP contribution is -2.06. The van der Waals surface area contributed by atoms with Crippen molar-refractivity contribution in [2.75, 3.05) is 0 Å². The minimum atomic E-state index is -1.26. The van der Waals surface area contributed by atoms with E-state index >= 15 is 0 Å². The van der Waals surface area contributed by atoms with Crippen LogP contribution in [0, 0.1) is 0 Å². The minimum absolute atomic E-state index is 0.208. The molecule has 84 valence electrons. The number of carboxylic acids is 2. The second kappa shape index (κ2) is 5.32. The standard InChI is InChI=1S/C11H9ClO4/c12-9-4-2-1-3-7(9)5-8(11(15)16)6-10(13)14/h1-5H,6H2,(H,13,14)(H,15,16)/b8-5+. The summed E-state index contributed by atoms with van der Waals surface area (Å²) >= 11 is 5.82. The van der Waals surface area contributed by atoms with Crippen molar-refractivity contribution in [1.82, 2.24) is 0 Å². The van der Waals surface area contributed by atoms with Crippen LogP contribution < -0.4 is 0 Å². The molecule has 1 aromatic carbocycles. The molecule has 0 aromatic heterocycles. The van der Waals surface area contributed by atoms with Crippen LogP contribution in [0.1, 0.15) is 12.0 Å². The predicted molar refractivity (Wildman–Crippen MR) is 59.3 cm³/mol. The number of hydrogen-bond acceptors (Lipinski definition) is 2. The number of carbonyl (C=O) groups is 2. The van der Waals surface area contributed by atoms with Gasteiger partial charge in [0.2, 0.25) is 0 Å². The Balaban J connectivity index is 3.07. The molecule has 0 spiro atoms. The monoisotopic (exact) mass is 240 g/mol. The van der Waals surface area contributed by atoms with Crippen molar-refractivity contribution < 1.29 is 19.8 Å². The van der Waals surface area contributed by atoms with Gasteiger partial charge in [-0.1, -0.05) is 29.8 Å². The summed E-state index contributed by atoms with van der Waals surface area (Å²) in [5, 5.41) is 17.7. The maximum atomic E-state index is 10.8. The highest BCUT2D eigenvalue weighted by molar-refractivity contribution is 6.32. The Morgan fingerprint density at radius 3 is 2.38 bits per heavy atom. The Hall–Kier alpha value is -1.81. The molecule has 0 amide bonds. The molecule has 0 fully saturated rings. The summed E-state index contributed by atoms with van der Waals surface area (Å²) in [4.78, 5) is 21.2. The fourth-order valence-electron chi connectivity index (χ4n) is 1.13. The Morgan fingerprint density at radius 1 is 1.25 bits per heavy atom. The summed E-state index contributed by atoms with van der Waals surface area (Å²) in [6, 6.07) is 6.62. The summed E-state index contributed by atoms with van der Waals surface area (Å²) in [6.45, 7) is 0. The fourth-order valence-corrected chi connectivity index (χ4v) is 1.32. The molecule has 16 heavy (non-hydrogen) atoms. The molecule has 0 saturated carbocycles. The van der Waals surface area contributed by atoms with Gasteiger partial charge in [-0.05, 0) is 17.7 Å². The lowest BCUT2D eigenvalue weighted by atomic mass is 10.1. The largest absolute Gasteiger partial charge is 0.481 e. The Kier molecular flexibility index (Phi) is 4.08. The van der Waals surface area contributed by atoms with Crippen molar-refractivity contribution in [1.29, 1.82) is 0 Å². The average Bonchev–Trinajstić information content (AvgIpc) is 2.19. The van der Waals surface area contributed by atoms with Crippen LogP contribution in [-0.4, -0.2) is 22.2 Å². The van der Waals surface area contributed by atoms with Crippen LogP contribution in [-0.2, 0) is 9.59 Å². The summed E-state index contributed by atoms with van der Waals surface area (Å²) < 4.78 is 0. The second-order valence-electron chi connectivity index (χ2n) is 3.07. The van der Waals surface area contributed by atoms with E-state index in [2.05, 4.69) is 0 Å². The second-order valence-corrected chi connectivity index (χ2v) is 3.47. The van der Waals surface area contributed by atoms with E-state index in [1.54, 1.807) is 24.3 Å². The number of halogens is 1. The molecule has 0 radical (unpaired) electrons. The maximum Gasteiger partial charge on any atom is 0.332 e. The SMILES string of the molecule is O=C(O)C/C(=C\c1ccccc1Cl)C(=O)O. The normalized spacial score (nSPS) is 11.2. The van der Waals surface area contributed by atoms with Crippen molar-refractivity contribution in [2.45, 2.75) is 6.42 Å². The van der Waals surface area contributed by atoms with E-state index in [0.717, 1.165) is 0 Å². The first-order chi connectivity index (χ1) is 7.50. The highest BCUT2D eigenvalue weighted by Crippen LogP contribution is 2.19. The number of rotatable bonds is 4. The minimum Gasteiger partial charge on any atom is -0.481 e. The average molecular weight is 241 g/mol. The molecule has 0 atom stereocenters. The molecule has 5 heteroatoms. The third kappa shape index (κ3) is 3.40. The van der Waals surface area contributed by atoms with Crippen LogP contribution in [0.4, 0.5) is 0 Å².